The van der Waals surface area contributed by atoms with Gasteiger partial charge in [0.05, 0.1) is 13.1 Å². The van der Waals surface area contributed by atoms with Gasteiger partial charge in [-0.1, -0.05) is 18.2 Å². The lowest BCUT2D eigenvalue weighted by atomic mass is 9.89. The molecule has 0 radical (unpaired) electrons. The van der Waals surface area contributed by atoms with Crippen molar-refractivity contribution in [1.82, 2.24) is 15.1 Å². The van der Waals surface area contributed by atoms with Gasteiger partial charge in [0, 0.05) is 38.5 Å². The zero-order chi connectivity index (χ0) is 17.8. The fourth-order valence-electron chi connectivity index (χ4n) is 4.36. The van der Waals surface area contributed by atoms with Crippen LogP contribution >= 0.6 is 0 Å². The number of hydrogen-bond donors (Lipinski definition) is 1. The summed E-state index contributed by atoms with van der Waals surface area (Å²) in [7, 11) is 0. The molecule has 0 bridgehead atoms. The minimum Gasteiger partial charge on any atom is -0.492 e. The lowest BCUT2D eigenvalue weighted by Gasteiger charge is -2.42. The van der Waals surface area contributed by atoms with E-state index in [2.05, 4.69) is 10.2 Å². The summed E-state index contributed by atoms with van der Waals surface area (Å²) in [6, 6.07) is 10.4. The zero-order valence-corrected chi connectivity index (χ0v) is 15.4. The standard InChI is InChI=1S/C20H29N3O3/c24-19-23(13-14-25-18-6-2-1-3-7-18)16-20(26-19)8-11-22(12-9-20)17-5-4-10-21-15-17/h1-3,6-7,17,21H,4-5,8-16H2. The molecular weight excluding hydrogens is 330 g/mol. The van der Waals surface area contributed by atoms with Gasteiger partial charge >= 0.3 is 6.09 Å². The van der Waals surface area contributed by atoms with Gasteiger partial charge in [0.15, 0.2) is 0 Å². The molecule has 3 saturated heterocycles. The van der Waals surface area contributed by atoms with Crippen LogP contribution in [0.4, 0.5) is 4.79 Å². The highest BCUT2D eigenvalue weighted by Gasteiger charge is 2.47. The number of nitrogens with one attached hydrogen (secondary N) is 1. The minimum absolute atomic E-state index is 0.186. The summed E-state index contributed by atoms with van der Waals surface area (Å²) in [6.07, 6.45) is 4.23. The Bertz CT molecular complexity index is 596. The highest BCUT2D eigenvalue weighted by Crippen LogP contribution is 2.34. The minimum atomic E-state index is -0.289. The maximum absolute atomic E-state index is 12.3. The molecule has 26 heavy (non-hydrogen) atoms. The Morgan fingerprint density at radius 2 is 2.04 bits per heavy atom. The molecule has 6 heteroatoms. The van der Waals surface area contributed by atoms with Gasteiger partial charge in [0.1, 0.15) is 18.0 Å². The molecule has 1 atom stereocenters. The van der Waals surface area contributed by atoms with E-state index >= 15 is 0 Å². The highest BCUT2D eigenvalue weighted by molar-refractivity contribution is 5.70. The topological polar surface area (TPSA) is 54.0 Å². The molecule has 1 spiro atoms. The molecule has 1 aromatic carbocycles. The van der Waals surface area contributed by atoms with E-state index in [4.69, 9.17) is 9.47 Å². The van der Waals surface area contributed by atoms with Gasteiger partial charge in [-0.25, -0.2) is 4.79 Å². The predicted octanol–water partition coefficient (Wildman–Crippen LogP) is 2.10. The van der Waals surface area contributed by atoms with Crippen LogP contribution in [0.25, 0.3) is 0 Å². The number of ether oxygens (including phenoxy) is 2. The normalized spacial score (nSPS) is 26.1. The van der Waals surface area contributed by atoms with Gasteiger partial charge < -0.3 is 19.7 Å². The summed E-state index contributed by atoms with van der Waals surface area (Å²) in [4.78, 5) is 16.7. The van der Waals surface area contributed by atoms with Crippen LogP contribution in [0, 0.1) is 0 Å². The molecule has 1 unspecified atom stereocenters. The van der Waals surface area contributed by atoms with Crippen LogP contribution in [-0.2, 0) is 4.74 Å². The second-order valence-electron chi connectivity index (χ2n) is 7.67. The van der Waals surface area contributed by atoms with Gasteiger partial charge in [-0.3, -0.25) is 4.90 Å². The average molecular weight is 359 g/mol. The molecule has 0 saturated carbocycles. The number of likely N-dealkylation sites (tertiary alicyclic amines) is 1. The van der Waals surface area contributed by atoms with Crippen molar-refractivity contribution in [2.45, 2.75) is 37.3 Å². The van der Waals surface area contributed by atoms with Crippen molar-refractivity contribution in [2.75, 3.05) is 45.9 Å². The second-order valence-corrected chi connectivity index (χ2v) is 7.67. The fourth-order valence-corrected chi connectivity index (χ4v) is 4.36. The third kappa shape index (κ3) is 3.96. The van der Waals surface area contributed by atoms with Crippen LogP contribution < -0.4 is 10.1 Å². The van der Waals surface area contributed by atoms with E-state index in [9.17, 15) is 4.79 Å². The first kappa shape index (κ1) is 17.6. The zero-order valence-electron chi connectivity index (χ0n) is 15.4. The Kier molecular flexibility index (Phi) is 5.31. The monoisotopic (exact) mass is 359 g/mol. The first-order valence-electron chi connectivity index (χ1n) is 9.85. The number of amides is 1. The predicted molar refractivity (Wildman–Crippen MR) is 99.4 cm³/mol. The third-order valence-electron chi connectivity index (χ3n) is 5.91. The van der Waals surface area contributed by atoms with Crippen LogP contribution in [0.3, 0.4) is 0 Å². The number of rotatable bonds is 5. The molecule has 1 aromatic rings. The summed E-state index contributed by atoms with van der Waals surface area (Å²) >= 11 is 0. The van der Waals surface area contributed by atoms with E-state index < -0.39 is 0 Å². The van der Waals surface area contributed by atoms with E-state index in [-0.39, 0.29) is 11.7 Å². The molecule has 4 rings (SSSR count). The number of carbonyl (C=O) groups is 1. The lowest BCUT2D eigenvalue weighted by molar-refractivity contribution is -0.0127. The summed E-state index contributed by atoms with van der Waals surface area (Å²) in [6.45, 7) is 6.05. The number of benzene rings is 1. The molecule has 3 heterocycles. The third-order valence-corrected chi connectivity index (χ3v) is 5.91. The molecular formula is C20H29N3O3. The van der Waals surface area contributed by atoms with Gasteiger partial charge in [-0.15, -0.1) is 0 Å². The van der Waals surface area contributed by atoms with Crippen LogP contribution in [0.5, 0.6) is 5.75 Å². The van der Waals surface area contributed by atoms with Crippen LogP contribution in [-0.4, -0.2) is 73.4 Å². The smallest absolute Gasteiger partial charge is 0.410 e. The Morgan fingerprint density at radius 3 is 2.77 bits per heavy atom. The second kappa shape index (κ2) is 7.84. The quantitative estimate of drug-likeness (QED) is 0.873. The van der Waals surface area contributed by atoms with Gasteiger partial charge in [0.2, 0.25) is 0 Å². The summed E-state index contributed by atoms with van der Waals surface area (Å²) < 4.78 is 11.6. The van der Waals surface area contributed by atoms with Crippen LogP contribution in [0.15, 0.2) is 30.3 Å². The van der Waals surface area contributed by atoms with Gasteiger partial charge in [-0.2, -0.15) is 0 Å². The van der Waals surface area contributed by atoms with Crippen LogP contribution in [0.2, 0.25) is 0 Å². The molecule has 0 aromatic heterocycles. The number of nitrogens with zero attached hydrogens (tertiary/aromatic N) is 2. The Hall–Kier alpha value is -1.79. The summed E-state index contributed by atoms with van der Waals surface area (Å²) in [5.41, 5.74) is -0.289. The van der Waals surface area contributed by atoms with E-state index in [1.54, 1.807) is 4.90 Å². The average Bonchev–Trinajstić information content (AvgIpc) is 2.99. The van der Waals surface area contributed by atoms with Crippen LogP contribution in [0.1, 0.15) is 25.7 Å². The van der Waals surface area contributed by atoms with Gasteiger partial charge in [0.25, 0.3) is 0 Å². The molecule has 142 valence electrons. The fraction of sp³-hybridized carbons (Fsp3) is 0.650. The number of para-hydroxylation sites is 1. The van der Waals surface area contributed by atoms with Crippen molar-refractivity contribution in [3.8, 4) is 5.75 Å². The molecule has 0 aliphatic carbocycles. The molecule has 1 amide bonds. The summed E-state index contributed by atoms with van der Waals surface area (Å²) in [5, 5.41) is 3.49. The Balaban J connectivity index is 1.25. The van der Waals surface area contributed by atoms with Crippen molar-refractivity contribution in [3.05, 3.63) is 30.3 Å². The molecule has 6 nitrogen and oxygen atoms in total. The summed E-state index contributed by atoms with van der Waals surface area (Å²) in [5.74, 6) is 0.837. The lowest BCUT2D eigenvalue weighted by Crippen LogP contribution is -2.53. The van der Waals surface area contributed by atoms with Gasteiger partial charge in [-0.05, 0) is 31.5 Å². The highest BCUT2D eigenvalue weighted by atomic mass is 16.6. The maximum atomic E-state index is 12.3. The van der Waals surface area contributed by atoms with Crippen molar-refractivity contribution in [3.63, 3.8) is 0 Å². The maximum Gasteiger partial charge on any atom is 0.410 e. The molecule has 1 N–H and O–H groups in total. The van der Waals surface area contributed by atoms with E-state index in [1.807, 2.05) is 30.3 Å². The largest absolute Gasteiger partial charge is 0.492 e. The SMILES string of the molecule is O=C1OC2(CCN(C3CCCNC3)CC2)CN1CCOc1ccccc1. The molecule has 3 fully saturated rings. The number of piperidine rings is 2. The first-order chi connectivity index (χ1) is 12.7. The molecule has 3 aliphatic rings. The van der Waals surface area contributed by atoms with E-state index in [1.165, 1.54) is 12.8 Å². The first-order valence-corrected chi connectivity index (χ1v) is 9.85. The van der Waals surface area contributed by atoms with Crippen molar-refractivity contribution < 1.29 is 14.3 Å². The number of carbonyl (C=O) groups excluding carboxylic acids is 1. The van der Waals surface area contributed by atoms with E-state index in [0.29, 0.717) is 25.7 Å². The Labute approximate surface area is 155 Å². The van der Waals surface area contributed by atoms with Crippen molar-refractivity contribution in [2.24, 2.45) is 0 Å². The van der Waals surface area contributed by atoms with Crippen molar-refractivity contribution in [1.29, 1.82) is 0 Å². The molecule has 3 aliphatic heterocycles. The Morgan fingerprint density at radius 1 is 1.23 bits per heavy atom. The van der Waals surface area contributed by atoms with Crippen molar-refractivity contribution >= 4 is 6.09 Å². The number of hydrogen-bond acceptors (Lipinski definition) is 5. The van der Waals surface area contributed by atoms with E-state index in [0.717, 1.165) is 44.8 Å².